The summed E-state index contributed by atoms with van der Waals surface area (Å²) >= 11 is 0. The summed E-state index contributed by atoms with van der Waals surface area (Å²) in [6.45, 7) is -0.481. The van der Waals surface area contributed by atoms with E-state index in [1.807, 2.05) is 0 Å². The second-order valence-corrected chi connectivity index (χ2v) is 2.62. The Morgan fingerprint density at radius 1 is 1.36 bits per heavy atom. The van der Waals surface area contributed by atoms with Gasteiger partial charge in [0.1, 0.15) is 13.0 Å². The fourth-order valence-electron chi connectivity index (χ4n) is 0.653. The largest absolute Gasteiger partial charge is 0.468 e. The highest BCUT2D eigenvalue weighted by Crippen LogP contribution is 2.20. The highest BCUT2D eigenvalue weighted by molar-refractivity contribution is 5.82. The van der Waals surface area contributed by atoms with Crippen LogP contribution in [0.2, 0.25) is 0 Å². The molecule has 7 heteroatoms. The van der Waals surface area contributed by atoms with Crippen LogP contribution < -0.4 is 0 Å². The van der Waals surface area contributed by atoms with E-state index in [0.29, 0.717) is 4.90 Å². The third-order valence-electron chi connectivity index (χ3n) is 1.37. The van der Waals surface area contributed by atoms with Crippen molar-refractivity contribution in [3.63, 3.8) is 0 Å². The van der Waals surface area contributed by atoms with Crippen molar-refractivity contribution in [1.29, 1.82) is 0 Å². The van der Waals surface area contributed by atoms with E-state index in [-0.39, 0.29) is 0 Å². The van der Waals surface area contributed by atoms with E-state index in [4.69, 9.17) is 0 Å². The van der Waals surface area contributed by atoms with Crippen molar-refractivity contribution < 1.29 is 27.5 Å². The molecule has 0 heterocycles. The number of nitrogens with zero attached hydrogens (tertiary/aromatic N) is 1. The van der Waals surface area contributed by atoms with Gasteiger partial charge in [-0.05, 0) is 0 Å². The van der Waals surface area contributed by atoms with Gasteiger partial charge in [0.05, 0.1) is 7.11 Å². The molecule has 0 N–H and O–H groups in total. The summed E-state index contributed by atoms with van der Waals surface area (Å²) in [5.41, 5.74) is 0. The smallest absolute Gasteiger partial charge is 0.397 e. The Labute approximate surface area is 78.6 Å². The number of carbonyl (C=O) groups excluding carboxylic acids is 2. The minimum Gasteiger partial charge on any atom is -0.468 e. The standard InChI is InChI=1S/C7H10F3NO3/c1-11(4-6(13)14-2)5(12)3-7(8,9)10/h3-4H2,1-2H3. The molecule has 0 aromatic carbocycles. The van der Waals surface area contributed by atoms with Crippen molar-refractivity contribution in [3.8, 4) is 0 Å². The van der Waals surface area contributed by atoms with Gasteiger partial charge in [-0.1, -0.05) is 0 Å². The monoisotopic (exact) mass is 213 g/mol. The predicted octanol–water partition coefficient (Wildman–Crippen LogP) is 0.570. The van der Waals surface area contributed by atoms with Crippen LogP contribution in [0.1, 0.15) is 6.42 Å². The number of amides is 1. The minimum atomic E-state index is -4.55. The number of alkyl halides is 3. The fraction of sp³-hybridized carbons (Fsp3) is 0.714. The lowest BCUT2D eigenvalue weighted by Gasteiger charge is -2.16. The van der Waals surface area contributed by atoms with Gasteiger partial charge in [0.2, 0.25) is 5.91 Å². The Hall–Kier alpha value is -1.27. The lowest BCUT2D eigenvalue weighted by atomic mass is 10.3. The second-order valence-electron chi connectivity index (χ2n) is 2.62. The zero-order chi connectivity index (χ0) is 11.4. The molecule has 0 bridgehead atoms. The van der Waals surface area contributed by atoms with E-state index in [9.17, 15) is 22.8 Å². The molecular formula is C7H10F3NO3. The first-order valence-corrected chi connectivity index (χ1v) is 3.64. The van der Waals surface area contributed by atoms with Crippen LogP contribution in [0.4, 0.5) is 13.2 Å². The number of likely N-dealkylation sites (N-methyl/N-ethyl adjacent to an activating group) is 1. The van der Waals surface area contributed by atoms with Gasteiger partial charge in [0.25, 0.3) is 0 Å². The number of rotatable bonds is 3. The van der Waals surface area contributed by atoms with Gasteiger partial charge in [-0.15, -0.1) is 0 Å². The summed E-state index contributed by atoms with van der Waals surface area (Å²) in [5.74, 6) is -1.93. The molecule has 0 aliphatic heterocycles. The maximum absolute atomic E-state index is 11.7. The summed E-state index contributed by atoms with van der Waals surface area (Å²) in [6, 6.07) is 0. The molecule has 0 aromatic rings. The Morgan fingerprint density at radius 3 is 2.21 bits per heavy atom. The average molecular weight is 213 g/mol. The van der Waals surface area contributed by atoms with Crippen LogP contribution in [-0.4, -0.2) is 43.7 Å². The molecule has 0 saturated carbocycles. The SMILES string of the molecule is COC(=O)CN(C)C(=O)CC(F)(F)F. The highest BCUT2D eigenvalue weighted by Gasteiger charge is 2.32. The number of halogens is 3. The molecule has 14 heavy (non-hydrogen) atoms. The third-order valence-corrected chi connectivity index (χ3v) is 1.37. The number of hydrogen-bond acceptors (Lipinski definition) is 3. The molecule has 0 unspecified atom stereocenters. The fourth-order valence-corrected chi connectivity index (χ4v) is 0.653. The molecule has 0 atom stereocenters. The highest BCUT2D eigenvalue weighted by atomic mass is 19.4. The molecule has 0 aliphatic carbocycles. The van der Waals surface area contributed by atoms with E-state index >= 15 is 0 Å². The van der Waals surface area contributed by atoms with Crippen molar-refractivity contribution >= 4 is 11.9 Å². The molecule has 4 nitrogen and oxygen atoms in total. The van der Waals surface area contributed by atoms with Gasteiger partial charge in [0.15, 0.2) is 0 Å². The average Bonchev–Trinajstić information content (AvgIpc) is 2.00. The van der Waals surface area contributed by atoms with Crippen LogP contribution in [0.25, 0.3) is 0 Å². The number of methoxy groups -OCH3 is 1. The first kappa shape index (κ1) is 12.7. The maximum atomic E-state index is 11.7. The topological polar surface area (TPSA) is 46.6 Å². The van der Waals surface area contributed by atoms with Gasteiger partial charge in [0, 0.05) is 7.05 Å². The van der Waals surface area contributed by atoms with Crippen molar-refractivity contribution in [2.24, 2.45) is 0 Å². The first-order valence-electron chi connectivity index (χ1n) is 3.64. The number of esters is 1. The summed E-state index contributed by atoms with van der Waals surface area (Å²) in [7, 11) is 2.19. The van der Waals surface area contributed by atoms with Crippen LogP contribution in [0.3, 0.4) is 0 Å². The van der Waals surface area contributed by atoms with E-state index < -0.39 is 31.0 Å². The Morgan fingerprint density at radius 2 is 1.86 bits per heavy atom. The number of hydrogen-bond donors (Lipinski definition) is 0. The second kappa shape index (κ2) is 4.83. The normalized spacial score (nSPS) is 10.9. The van der Waals surface area contributed by atoms with Crippen LogP contribution in [0.15, 0.2) is 0 Å². The first-order chi connectivity index (χ1) is 6.26. The number of carbonyl (C=O) groups is 2. The van der Waals surface area contributed by atoms with Crippen LogP contribution in [0.5, 0.6) is 0 Å². The van der Waals surface area contributed by atoms with Gasteiger partial charge in [-0.2, -0.15) is 13.2 Å². The van der Waals surface area contributed by atoms with Crippen LogP contribution in [0, 0.1) is 0 Å². The number of ether oxygens (including phenoxy) is 1. The van der Waals surface area contributed by atoms with Crippen molar-refractivity contribution in [2.75, 3.05) is 20.7 Å². The lowest BCUT2D eigenvalue weighted by molar-refractivity contribution is -0.163. The summed E-state index contributed by atoms with van der Waals surface area (Å²) in [6.07, 6.45) is -6.12. The van der Waals surface area contributed by atoms with E-state index in [2.05, 4.69) is 4.74 Å². The zero-order valence-corrected chi connectivity index (χ0v) is 7.72. The van der Waals surface area contributed by atoms with E-state index in [1.165, 1.54) is 0 Å². The minimum absolute atomic E-state index is 0.481. The summed E-state index contributed by atoms with van der Waals surface area (Å²) < 4.78 is 39.4. The molecule has 0 spiro atoms. The molecule has 1 amide bonds. The van der Waals surface area contributed by atoms with E-state index in [0.717, 1.165) is 14.2 Å². The van der Waals surface area contributed by atoms with Gasteiger partial charge in [-0.25, -0.2) is 0 Å². The van der Waals surface area contributed by atoms with Gasteiger partial charge < -0.3 is 9.64 Å². The maximum Gasteiger partial charge on any atom is 0.397 e. The molecule has 0 aromatic heterocycles. The van der Waals surface area contributed by atoms with E-state index in [1.54, 1.807) is 0 Å². The summed E-state index contributed by atoms with van der Waals surface area (Å²) in [5, 5.41) is 0. The van der Waals surface area contributed by atoms with Gasteiger partial charge in [-0.3, -0.25) is 9.59 Å². The molecule has 0 aliphatic rings. The molecule has 0 fully saturated rings. The molecule has 0 rings (SSSR count). The van der Waals surface area contributed by atoms with Gasteiger partial charge >= 0.3 is 12.1 Å². The molecule has 82 valence electrons. The van der Waals surface area contributed by atoms with Crippen molar-refractivity contribution in [2.45, 2.75) is 12.6 Å². The molecule has 0 radical (unpaired) electrons. The Bertz CT molecular complexity index is 227. The molecular weight excluding hydrogens is 203 g/mol. The van der Waals surface area contributed by atoms with Crippen LogP contribution in [-0.2, 0) is 14.3 Å². The van der Waals surface area contributed by atoms with Crippen LogP contribution >= 0.6 is 0 Å². The quantitative estimate of drug-likeness (QED) is 0.644. The zero-order valence-electron chi connectivity index (χ0n) is 7.72. The Kier molecular flexibility index (Phi) is 4.39. The van der Waals surface area contributed by atoms with Crippen molar-refractivity contribution in [1.82, 2.24) is 4.90 Å². The lowest BCUT2D eigenvalue weighted by Crippen LogP contribution is -2.35. The third kappa shape index (κ3) is 5.39. The van der Waals surface area contributed by atoms with Crippen molar-refractivity contribution in [3.05, 3.63) is 0 Å². The predicted molar refractivity (Wildman–Crippen MR) is 40.3 cm³/mol. The summed E-state index contributed by atoms with van der Waals surface area (Å²) in [4.78, 5) is 22.1. The Balaban J connectivity index is 4.07. The molecule has 0 saturated heterocycles.